The number of ether oxygens (including phenoxy) is 2. The number of hydrazine groups is 1. The molecule has 1 unspecified atom stereocenters. The van der Waals surface area contributed by atoms with E-state index in [4.69, 9.17) is 19.4 Å². The lowest BCUT2D eigenvalue weighted by atomic mass is 9.84. The van der Waals surface area contributed by atoms with Crippen molar-refractivity contribution in [1.82, 2.24) is 40.1 Å². The van der Waals surface area contributed by atoms with Gasteiger partial charge in [0.05, 0.1) is 34.8 Å². The highest BCUT2D eigenvalue weighted by molar-refractivity contribution is 7.10. The number of benzene rings is 1. The molecule has 322 valence electrons. The zero-order valence-corrected chi connectivity index (χ0v) is 37.2. The standard InChI is InChI=1S/C45H60N8O6S/c1-10-52-36-18-15-28-21-31(36)32(40(52)30-13-11-19-46-38(30)27(4)58-9)23-45(5,6)25-59-43(56)33-14-12-20-53(49-33)42(55)34(22-37-47-35(28)24-60-37)48-41(54)39(26(2)3)51(8)44(57)50(7)29-16-17-29/h11,13,15,18-19,21,24,26-27,29,33-34,39,49H,10,12,14,16-17,20,22-23,25H2,1-9H3,(H,48,54)/t27-,33-,34?,39-/m0/s1. The molecule has 6 bridgehead atoms. The maximum atomic E-state index is 14.5. The summed E-state index contributed by atoms with van der Waals surface area (Å²) in [6.45, 7) is 13.3. The van der Waals surface area contributed by atoms with Crippen LogP contribution in [-0.2, 0) is 43.2 Å². The number of aromatic nitrogens is 3. The molecular weight excluding hydrogens is 781 g/mol. The minimum atomic E-state index is -1.03. The highest BCUT2D eigenvalue weighted by Crippen LogP contribution is 2.42. The third-order valence-electron chi connectivity index (χ3n) is 12.2. The molecule has 2 fully saturated rings. The number of likely N-dealkylation sites (N-methyl/N-ethyl adjacent to an activating group) is 1. The Bertz CT molecular complexity index is 2250. The molecule has 1 saturated heterocycles. The van der Waals surface area contributed by atoms with Gasteiger partial charge >= 0.3 is 12.0 Å². The molecule has 15 heteroatoms. The number of esters is 1. The second-order valence-electron chi connectivity index (χ2n) is 17.7. The second kappa shape index (κ2) is 17.6. The number of aryl methyl sites for hydroxylation is 1. The summed E-state index contributed by atoms with van der Waals surface area (Å²) in [6.07, 6.45) is 5.21. The van der Waals surface area contributed by atoms with Crippen molar-refractivity contribution in [2.75, 3.05) is 34.4 Å². The van der Waals surface area contributed by atoms with Crippen LogP contribution in [0.4, 0.5) is 4.79 Å². The molecule has 0 spiro atoms. The van der Waals surface area contributed by atoms with Crippen molar-refractivity contribution in [2.45, 2.75) is 117 Å². The quantitative estimate of drug-likeness (QED) is 0.183. The molecule has 1 aromatic carbocycles. The number of hydrogen-bond acceptors (Lipinski definition) is 10. The van der Waals surface area contributed by atoms with Gasteiger partial charge in [-0.05, 0) is 81.7 Å². The van der Waals surface area contributed by atoms with Crippen LogP contribution in [-0.4, -0.2) is 112 Å². The molecule has 3 aromatic heterocycles. The van der Waals surface area contributed by atoms with Crippen molar-refractivity contribution in [2.24, 2.45) is 11.3 Å². The van der Waals surface area contributed by atoms with E-state index in [-0.39, 0.29) is 43.0 Å². The first-order chi connectivity index (χ1) is 28.6. The first-order valence-corrected chi connectivity index (χ1v) is 22.1. The van der Waals surface area contributed by atoms with Crippen molar-refractivity contribution < 1.29 is 28.7 Å². The van der Waals surface area contributed by atoms with Gasteiger partial charge in [0, 0.05) is 85.8 Å². The fraction of sp³-hybridized carbons (Fsp3) is 0.556. The van der Waals surface area contributed by atoms with E-state index in [1.54, 1.807) is 32.3 Å². The summed E-state index contributed by atoms with van der Waals surface area (Å²) in [4.78, 5) is 69.0. The molecule has 4 amide bonds. The van der Waals surface area contributed by atoms with Gasteiger partial charge in [-0.15, -0.1) is 11.3 Å². The molecule has 2 aliphatic heterocycles. The van der Waals surface area contributed by atoms with Crippen LogP contribution >= 0.6 is 11.3 Å². The number of methoxy groups -OCH3 is 1. The number of thiazole rings is 1. The second-order valence-corrected chi connectivity index (χ2v) is 18.6. The van der Waals surface area contributed by atoms with E-state index >= 15 is 0 Å². The van der Waals surface area contributed by atoms with Crippen LogP contribution in [0.3, 0.4) is 0 Å². The van der Waals surface area contributed by atoms with Crippen LogP contribution in [0.5, 0.6) is 0 Å². The maximum absolute atomic E-state index is 14.5. The molecule has 0 radical (unpaired) electrons. The fourth-order valence-electron chi connectivity index (χ4n) is 8.73. The van der Waals surface area contributed by atoms with Gasteiger partial charge in [0.2, 0.25) is 5.91 Å². The molecule has 4 atom stereocenters. The molecule has 14 nitrogen and oxygen atoms in total. The lowest BCUT2D eigenvalue weighted by molar-refractivity contribution is -0.155. The van der Waals surface area contributed by atoms with Crippen LogP contribution in [0.25, 0.3) is 33.4 Å². The molecule has 1 aliphatic carbocycles. The number of fused-ring (bicyclic) bond motifs is 6. The summed E-state index contributed by atoms with van der Waals surface area (Å²) in [6, 6.07) is 7.79. The van der Waals surface area contributed by atoms with E-state index in [9.17, 15) is 19.2 Å². The Morgan fingerprint density at radius 1 is 1.13 bits per heavy atom. The third kappa shape index (κ3) is 8.80. The molecule has 7 rings (SSSR count). The summed E-state index contributed by atoms with van der Waals surface area (Å²) < 4.78 is 14.2. The largest absolute Gasteiger partial charge is 0.464 e. The van der Waals surface area contributed by atoms with Gasteiger partial charge in [0.25, 0.3) is 5.91 Å². The SMILES string of the molecule is CCn1c(-c2cccnc2[C@H](C)OC)c2c3cc(ccc31)-c1csc(n1)CC(NC(=O)[C@H](C(C)C)N(C)C(=O)N(C)C1CC1)C(=O)N1CCC[C@H](N1)C(=O)OCC(C)(C)C2. The van der Waals surface area contributed by atoms with E-state index in [1.807, 2.05) is 32.2 Å². The van der Waals surface area contributed by atoms with Crippen molar-refractivity contribution in [1.29, 1.82) is 0 Å². The lowest BCUT2D eigenvalue weighted by Crippen LogP contribution is -2.62. The number of rotatable bonds is 9. The van der Waals surface area contributed by atoms with Gasteiger partial charge in [-0.2, -0.15) is 0 Å². The van der Waals surface area contributed by atoms with Crippen molar-refractivity contribution in [3.05, 3.63) is 58.2 Å². The Balaban J connectivity index is 1.30. The number of carbonyl (C=O) groups is 4. The Hall–Kier alpha value is -4.86. The zero-order valence-electron chi connectivity index (χ0n) is 36.4. The Morgan fingerprint density at radius 2 is 1.90 bits per heavy atom. The smallest absolute Gasteiger partial charge is 0.324 e. The van der Waals surface area contributed by atoms with E-state index in [2.05, 4.69) is 60.3 Å². The van der Waals surface area contributed by atoms with E-state index < -0.39 is 35.4 Å². The highest BCUT2D eigenvalue weighted by Gasteiger charge is 2.40. The monoisotopic (exact) mass is 840 g/mol. The molecule has 1 saturated carbocycles. The molecular formula is C45H60N8O6S. The first kappa shape index (κ1) is 43.2. The zero-order chi connectivity index (χ0) is 43.0. The van der Waals surface area contributed by atoms with Crippen LogP contribution in [0, 0.1) is 11.3 Å². The summed E-state index contributed by atoms with van der Waals surface area (Å²) in [7, 11) is 5.10. The van der Waals surface area contributed by atoms with Crippen molar-refractivity contribution in [3.8, 4) is 22.5 Å². The summed E-state index contributed by atoms with van der Waals surface area (Å²) >= 11 is 1.43. The van der Waals surface area contributed by atoms with Crippen LogP contribution in [0.1, 0.15) is 89.6 Å². The van der Waals surface area contributed by atoms with Crippen LogP contribution in [0.2, 0.25) is 0 Å². The number of cyclic esters (lactones) is 1. The Kier molecular flexibility index (Phi) is 12.7. The minimum Gasteiger partial charge on any atom is -0.464 e. The van der Waals surface area contributed by atoms with E-state index in [1.165, 1.54) is 21.2 Å². The van der Waals surface area contributed by atoms with Crippen molar-refractivity contribution in [3.63, 3.8) is 0 Å². The highest BCUT2D eigenvalue weighted by atomic mass is 32.1. The Morgan fingerprint density at radius 3 is 2.60 bits per heavy atom. The molecule has 5 heterocycles. The number of hydrogen-bond donors (Lipinski definition) is 2. The van der Waals surface area contributed by atoms with Crippen LogP contribution < -0.4 is 10.7 Å². The van der Waals surface area contributed by atoms with Gasteiger partial charge in [-0.3, -0.25) is 24.4 Å². The third-order valence-corrected chi connectivity index (χ3v) is 13.0. The number of nitrogens with one attached hydrogen (secondary N) is 2. The van der Waals surface area contributed by atoms with Gasteiger partial charge in [-0.25, -0.2) is 15.2 Å². The predicted octanol–water partition coefficient (Wildman–Crippen LogP) is 6.37. The molecule has 4 aromatic rings. The average Bonchev–Trinajstić information content (AvgIpc) is 3.92. The summed E-state index contributed by atoms with van der Waals surface area (Å²) in [5.41, 5.74) is 9.40. The number of nitrogens with zero attached hydrogens (tertiary/aromatic N) is 6. The van der Waals surface area contributed by atoms with Gasteiger partial charge < -0.3 is 29.2 Å². The normalized spacial score (nSPS) is 20.7. The van der Waals surface area contributed by atoms with Gasteiger partial charge in [0.15, 0.2) is 0 Å². The molecule has 3 aliphatic rings. The average molecular weight is 841 g/mol. The number of urea groups is 1. The summed E-state index contributed by atoms with van der Waals surface area (Å²) in [5, 5.41) is 8.20. The Labute approximate surface area is 357 Å². The van der Waals surface area contributed by atoms with Gasteiger partial charge in [0.1, 0.15) is 18.1 Å². The number of pyridine rings is 1. The lowest BCUT2D eigenvalue weighted by Gasteiger charge is -2.37. The van der Waals surface area contributed by atoms with E-state index in [0.29, 0.717) is 37.4 Å². The predicted molar refractivity (Wildman–Crippen MR) is 232 cm³/mol. The van der Waals surface area contributed by atoms with Gasteiger partial charge in [-0.1, -0.05) is 33.8 Å². The van der Waals surface area contributed by atoms with Crippen molar-refractivity contribution >= 4 is 46.1 Å². The molecule has 2 N–H and O–H groups in total. The fourth-order valence-corrected chi connectivity index (χ4v) is 9.58. The summed E-state index contributed by atoms with van der Waals surface area (Å²) in [5.74, 6) is -1.49. The van der Waals surface area contributed by atoms with E-state index in [0.717, 1.165) is 57.5 Å². The maximum Gasteiger partial charge on any atom is 0.324 e. The number of amides is 4. The molecule has 60 heavy (non-hydrogen) atoms. The van der Waals surface area contributed by atoms with Crippen LogP contribution in [0.15, 0.2) is 41.9 Å². The number of carbonyl (C=O) groups excluding carboxylic acids is 4. The minimum absolute atomic E-state index is 0.118. The first-order valence-electron chi connectivity index (χ1n) is 21.2. The topological polar surface area (TPSA) is 151 Å².